The second-order valence-electron chi connectivity index (χ2n) is 10.9. The van der Waals surface area contributed by atoms with Crippen molar-refractivity contribution in [2.24, 2.45) is 0 Å². The number of aromatic nitrogens is 2. The molecule has 1 aliphatic carbocycles. The van der Waals surface area contributed by atoms with E-state index in [-0.39, 0.29) is 33.3 Å². The molecule has 1 saturated carbocycles. The molecule has 2 atom stereocenters. The summed E-state index contributed by atoms with van der Waals surface area (Å²) in [5.41, 5.74) is 0.158. The number of benzene rings is 1. The molecule has 4 heterocycles. The van der Waals surface area contributed by atoms with E-state index in [4.69, 9.17) is 9.47 Å². The second kappa shape index (κ2) is 10.7. The molecule has 0 amide bonds. The fraction of sp³-hybridized carbons (Fsp3) is 0.519. The van der Waals surface area contributed by atoms with Gasteiger partial charge in [0.2, 0.25) is 10.0 Å². The molecule has 6 rings (SSSR count). The molecule has 3 fully saturated rings. The van der Waals surface area contributed by atoms with Gasteiger partial charge >= 0.3 is 0 Å². The minimum atomic E-state index is -3.66. The Morgan fingerprint density at radius 2 is 1.98 bits per heavy atom. The topological polar surface area (TPSA) is 151 Å². The molecule has 11 nitrogen and oxygen atoms in total. The molecule has 216 valence electrons. The minimum Gasteiger partial charge on any atom is -0.491 e. The Morgan fingerprint density at radius 1 is 1.18 bits per heavy atom. The van der Waals surface area contributed by atoms with Gasteiger partial charge in [-0.25, -0.2) is 21.8 Å². The predicted octanol–water partition coefficient (Wildman–Crippen LogP) is 1.84. The van der Waals surface area contributed by atoms with E-state index < -0.39 is 26.0 Å². The zero-order valence-electron chi connectivity index (χ0n) is 22.0. The predicted molar refractivity (Wildman–Crippen MR) is 147 cm³/mol. The number of sulfonamides is 1. The fourth-order valence-electron chi connectivity index (χ4n) is 5.61. The number of sulfone groups is 1. The third-order valence-electron chi connectivity index (χ3n) is 8.06. The number of piperidine rings is 1. The van der Waals surface area contributed by atoms with Gasteiger partial charge in [0.1, 0.15) is 29.0 Å². The summed E-state index contributed by atoms with van der Waals surface area (Å²) in [7, 11) is -6.96. The van der Waals surface area contributed by atoms with Crippen LogP contribution in [0.15, 0.2) is 58.6 Å². The average molecular weight is 591 g/mol. The standard InChI is InChI=1S/C27H34N4O7S2/c32-20(18-37-21-3-1-4-23(13-21)39(33,34)22-6-7-22)15-29-19-14-27(38-17-19)8-11-31(12-9-27)40(35,36)25-16-30-26-24(25)5-2-10-28-26/h1-5,10,13,16,19-20,22,29,32H,6-9,11-12,14-15,17-18H2,(H,28,30)/t19-,20+/m1/s1. The zero-order chi connectivity index (χ0) is 28.0. The Bertz CT molecular complexity index is 1580. The van der Waals surface area contributed by atoms with Gasteiger partial charge in [0.25, 0.3) is 0 Å². The number of aliphatic hydroxyl groups excluding tert-OH is 1. The van der Waals surface area contributed by atoms with Crippen LogP contribution in [0.4, 0.5) is 0 Å². The van der Waals surface area contributed by atoms with Crippen molar-refractivity contribution < 1.29 is 31.4 Å². The first kappa shape index (κ1) is 27.6. The van der Waals surface area contributed by atoms with Crippen molar-refractivity contribution in [1.82, 2.24) is 19.6 Å². The molecule has 3 N–H and O–H groups in total. The molecule has 1 spiro atoms. The SMILES string of the molecule is O=S(=O)(c1cccc(OC[C@@H](O)CN[C@H]2COC3(CCN(S(=O)(=O)c4c[nH]c5ncccc45)CC3)C2)c1)C1CC1. The molecular weight excluding hydrogens is 556 g/mol. The Balaban J connectivity index is 0.972. The molecule has 0 bridgehead atoms. The smallest absolute Gasteiger partial charge is 0.245 e. The highest BCUT2D eigenvalue weighted by Crippen LogP contribution is 2.38. The van der Waals surface area contributed by atoms with Gasteiger partial charge in [0, 0.05) is 43.5 Å². The summed E-state index contributed by atoms with van der Waals surface area (Å²) in [6.45, 7) is 1.53. The summed E-state index contributed by atoms with van der Waals surface area (Å²) in [4.78, 5) is 7.63. The first-order valence-electron chi connectivity index (χ1n) is 13.6. The van der Waals surface area contributed by atoms with Crippen molar-refractivity contribution in [3.8, 4) is 5.75 Å². The van der Waals surface area contributed by atoms with Crippen molar-refractivity contribution in [3.63, 3.8) is 0 Å². The molecule has 2 saturated heterocycles. The zero-order valence-corrected chi connectivity index (χ0v) is 23.7. The van der Waals surface area contributed by atoms with Crippen molar-refractivity contribution in [3.05, 3.63) is 48.8 Å². The lowest BCUT2D eigenvalue weighted by atomic mass is 9.88. The Morgan fingerprint density at radius 3 is 2.75 bits per heavy atom. The first-order chi connectivity index (χ1) is 19.2. The van der Waals surface area contributed by atoms with E-state index in [0.29, 0.717) is 68.7 Å². The van der Waals surface area contributed by atoms with Crippen molar-refractivity contribution in [1.29, 1.82) is 0 Å². The van der Waals surface area contributed by atoms with Gasteiger partial charge in [-0.2, -0.15) is 4.31 Å². The number of rotatable bonds is 10. The Hall–Kier alpha value is -2.55. The maximum atomic E-state index is 13.3. The van der Waals surface area contributed by atoms with Gasteiger partial charge in [0.05, 0.1) is 22.4 Å². The van der Waals surface area contributed by atoms with Gasteiger partial charge in [-0.1, -0.05) is 6.07 Å². The highest BCUT2D eigenvalue weighted by atomic mass is 32.2. The van der Waals surface area contributed by atoms with Crippen molar-refractivity contribution in [2.45, 2.75) is 64.9 Å². The number of H-pyrrole nitrogens is 1. The minimum absolute atomic E-state index is 0.0226. The van der Waals surface area contributed by atoms with Gasteiger partial charge in [-0.15, -0.1) is 0 Å². The lowest BCUT2D eigenvalue weighted by Gasteiger charge is -2.37. The van der Waals surface area contributed by atoms with Gasteiger partial charge in [-0.3, -0.25) is 0 Å². The van der Waals surface area contributed by atoms with Crippen molar-refractivity contribution in [2.75, 3.05) is 32.8 Å². The number of nitrogens with one attached hydrogen (secondary N) is 2. The summed E-state index contributed by atoms with van der Waals surface area (Å²) < 4.78 is 65.0. The average Bonchev–Trinajstić information content (AvgIpc) is 3.62. The molecule has 40 heavy (non-hydrogen) atoms. The van der Waals surface area contributed by atoms with E-state index in [9.17, 15) is 21.9 Å². The Labute approximate surface area is 233 Å². The van der Waals surface area contributed by atoms with E-state index in [1.54, 1.807) is 36.5 Å². The van der Waals surface area contributed by atoms with Crippen LogP contribution in [-0.4, -0.2) is 92.1 Å². The highest BCUT2D eigenvalue weighted by molar-refractivity contribution is 7.92. The molecule has 13 heteroatoms. The molecule has 2 aromatic heterocycles. The van der Waals surface area contributed by atoms with Crippen LogP contribution in [0.2, 0.25) is 0 Å². The molecule has 3 aromatic rings. The van der Waals surface area contributed by atoms with Gasteiger partial charge in [0.15, 0.2) is 9.84 Å². The lowest BCUT2D eigenvalue weighted by molar-refractivity contribution is -0.0312. The van der Waals surface area contributed by atoms with Crippen LogP contribution in [-0.2, 0) is 24.6 Å². The molecule has 2 aliphatic heterocycles. The van der Waals surface area contributed by atoms with E-state index >= 15 is 0 Å². The largest absolute Gasteiger partial charge is 0.491 e. The van der Waals surface area contributed by atoms with Crippen LogP contribution >= 0.6 is 0 Å². The summed E-state index contributed by atoms with van der Waals surface area (Å²) in [6.07, 6.45) is 5.65. The summed E-state index contributed by atoms with van der Waals surface area (Å²) >= 11 is 0. The van der Waals surface area contributed by atoms with Crippen LogP contribution in [0.25, 0.3) is 11.0 Å². The number of aliphatic hydroxyl groups is 1. The second-order valence-corrected chi connectivity index (χ2v) is 15.1. The number of hydrogen-bond donors (Lipinski definition) is 3. The maximum absolute atomic E-state index is 13.3. The van der Waals surface area contributed by atoms with Gasteiger partial charge in [-0.05, 0) is 62.4 Å². The maximum Gasteiger partial charge on any atom is 0.245 e. The molecule has 1 aromatic carbocycles. The number of fused-ring (bicyclic) bond motifs is 1. The van der Waals surface area contributed by atoms with E-state index in [1.165, 1.54) is 16.6 Å². The number of pyridine rings is 1. The highest BCUT2D eigenvalue weighted by Gasteiger charge is 2.45. The van der Waals surface area contributed by atoms with E-state index in [1.807, 2.05) is 0 Å². The van der Waals surface area contributed by atoms with Crippen LogP contribution in [0, 0.1) is 0 Å². The summed E-state index contributed by atoms with van der Waals surface area (Å²) in [6, 6.07) is 9.94. The fourth-order valence-corrected chi connectivity index (χ4v) is 8.89. The Kier molecular flexibility index (Phi) is 7.38. The molecule has 3 aliphatic rings. The monoisotopic (exact) mass is 590 g/mol. The summed E-state index contributed by atoms with van der Waals surface area (Å²) in [5, 5.41) is 14.1. The van der Waals surface area contributed by atoms with Crippen molar-refractivity contribution >= 4 is 30.9 Å². The normalized spacial score (nSPS) is 22.6. The molecular formula is C27H34N4O7S2. The van der Waals surface area contributed by atoms with Crippen LogP contribution in [0.5, 0.6) is 5.75 Å². The van der Waals surface area contributed by atoms with Crippen LogP contribution in [0.1, 0.15) is 32.1 Å². The third-order valence-corrected chi connectivity index (χ3v) is 12.3. The number of nitrogens with zero attached hydrogens (tertiary/aromatic N) is 2. The first-order valence-corrected chi connectivity index (χ1v) is 16.6. The lowest BCUT2D eigenvalue weighted by Crippen LogP contribution is -2.47. The number of ether oxygens (including phenoxy) is 2. The van der Waals surface area contributed by atoms with Gasteiger partial charge < -0.3 is 24.9 Å². The number of hydrogen-bond acceptors (Lipinski definition) is 9. The van der Waals surface area contributed by atoms with E-state index in [0.717, 1.165) is 6.42 Å². The molecule has 0 radical (unpaired) electrons. The van der Waals surface area contributed by atoms with Crippen LogP contribution in [0.3, 0.4) is 0 Å². The molecule has 0 unspecified atom stereocenters. The number of aromatic amines is 1. The van der Waals surface area contributed by atoms with E-state index in [2.05, 4.69) is 15.3 Å². The third kappa shape index (κ3) is 5.50. The quantitative estimate of drug-likeness (QED) is 0.321. The van der Waals surface area contributed by atoms with Crippen LogP contribution < -0.4 is 10.1 Å². The summed E-state index contributed by atoms with van der Waals surface area (Å²) in [5.74, 6) is 0.412.